The van der Waals surface area contributed by atoms with Crippen LogP contribution in [0.25, 0.3) is 0 Å². The number of halogens is 4. The Kier molecular flexibility index (Phi) is 6.48. The molecular weight excluding hydrogens is 343 g/mol. The van der Waals surface area contributed by atoms with Gasteiger partial charge in [0.05, 0.1) is 6.61 Å². The first-order chi connectivity index (χ1) is 11.1. The zero-order valence-electron chi connectivity index (χ0n) is 12.7. The van der Waals surface area contributed by atoms with E-state index in [1.54, 1.807) is 6.07 Å². The molecule has 2 aromatic rings. The van der Waals surface area contributed by atoms with Crippen LogP contribution in [0.15, 0.2) is 42.5 Å². The van der Waals surface area contributed by atoms with E-state index in [0.29, 0.717) is 25.3 Å². The first-order valence-corrected chi connectivity index (χ1v) is 7.33. The van der Waals surface area contributed by atoms with Gasteiger partial charge in [0.15, 0.2) is 23.5 Å². The lowest BCUT2D eigenvalue weighted by Crippen LogP contribution is -2.43. The SMILES string of the molecule is Cl.Fc1cccc([C@H](Oc2c(F)cccc2F)[C@@H]2CNCCO2)c1. The Morgan fingerprint density at radius 2 is 1.79 bits per heavy atom. The first-order valence-electron chi connectivity index (χ1n) is 7.33. The van der Waals surface area contributed by atoms with Crippen molar-refractivity contribution >= 4 is 12.4 Å². The highest BCUT2D eigenvalue weighted by atomic mass is 35.5. The van der Waals surface area contributed by atoms with Crippen LogP contribution in [0.2, 0.25) is 0 Å². The Balaban J connectivity index is 0.00000208. The number of hydrogen-bond donors (Lipinski definition) is 1. The fourth-order valence-corrected chi connectivity index (χ4v) is 2.54. The lowest BCUT2D eigenvalue weighted by molar-refractivity contribution is -0.0454. The topological polar surface area (TPSA) is 30.5 Å². The van der Waals surface area contributed by atoms with Crippen molar-refractivity contribution in [1.82, 2.24) is 5.32 Å². The van der Waals surface area contributed by atoms with Gasteiger partial charge in [-0.1, -0.05) is 18.2 Å². The summed E-state index contributed by atoms with van der Waals surface area (Å²) >= 11 is 0. The molecular formula is C17H17ClF3NO2. The van der Waals surface area contributed by atoms with Crippen molar-refractivity contribution in [2.75, 3.05) is 19.7 Å². The minimum absolute atomic E-state index is 0. The van der Waals surface area contributed by atoms with Gasteiger partial charge in [-0.25, -0.2) is 13.2 Å². The van der Waals surface area contributed by atoms with Gasteiger partial charge >= 0.3 is 0 Å². The molecule has 130 valence electrons. The van der Waals surface area contributed by atoms with Crippen LogP contribution in [0.1, 0.15) is 11.7 Å². The van der Waals surface area contributed by atoms with Gasteiger partial charge in [0.25, 0.3) is 0 Å². The molecule has 3 nitrogen and oxygen atoms in total. The zero-order chi connectivity index (χ0) is 16.2. The van der Waals surface area contributed by atoms with E-state index in [1.165, 1.54) is 24.3 Å². The van der Waals surface area contributed by atoms with Crippen LogP contribution in [0.3, 0.4) is 0 Å². The first kappa shape index (κ1) is 18.6. The molecule has 1 heterocycles. The van der Waals surface area contributed by atoms with Gasteiger partial charge in [0, 0.05) is 13.1 Å². The monoisotopic (exact) mass is 359 g/mol. The quantitative estimate of drug-likeness (QED) is 0.904. The molecule has 7 heteroatoms. The normalized spacial score (nSPS) is 18.5. The van der Waals surface area contributed by atoms with Crippen molar-refractivity contribution in [2.24, 2.45) is 0 Å². The Labute approximate surface area is 144 Å². The number of benzene rings is 2. The third kappa shape index (κ3) is 4.20. The second-order valence-corrected chi connectivity index (χ2v) is 5.26. The summed E-state index contributed by atoms with van der Waals surface area (Å²) in [7, 11) is 0. The Morgan fingerprint density at radius 3 is 2.42 bits per heavy atom. The summed E-state index contributed by atoms with van der Waals surface area (Å²) < 4.78 is 52.5. The molecule has 0 unspecified atom stereocenters. The lowest BCUT2D eigenvalue weighted by atomic mass is 10.0. The van der Waals surface area contributed by atoms with Crippen molar-refractivity contribution in [2.45, 2.75) is 12.2 Å². The molecule has 1 aliphatic heterocycles. The van der Waals surface area contributed by atoms with Crippen molar-refractivity contribution in [1.29, 1.82) is 0 Å². The summed E-state index contributed by atoms with van der Waals surface area (Å²) in [5, 5.41) is 3.13. The van der Waals surface area contributed by atoms with Gasteiger partial charge in [-0.2, -0.15) is 0 Å². The van der Waals surface area contributed by atoms with Gasteiger partial charge in [-0.05, 0) is 29.8 Å². The summed E-state index contributed by atoms with van der Waals surface area (Å²) in [6.45, 7) is 1.57. The van der Waals surface area contributed by atoms with Crippen molar-refractivity contribution in [3.8, 4) is 5.75 Å². The molecule has 1 N–H and O–H groups in total. The molecule has 3 rings (SSSR count). The average molecular weight is 360 g/mol. The third-order valence-electron chi connectivity index (χ3n) is 3.63. The number of para-hydroxylation sites is 1. The molecule has 0 aromatic heterocycles. The summed E-state index contributed by atoms with van der Waals surface area (Å²) in [4.78, 5) is 0. The molecule has 1 fully saturated rings. The molecule has 24 heavy (non-hydrogen) atoms. The van der Waals surface area contributed by atoms with Gasteiger partial charge in [-0.15, -0.1) is 12.4 Å². The average Bonchev–Trinajstić information content (AvgIpc) is 2.55. The predicted octanol–water partition coefficient (Wildman–Crippen LogP) is 3.63. The highest BCUT2D eigenvalue weighted by molar-refractivity contribution is 5.85. The molecule has 2 aromatic carbocycles. The Bertz CT molecular complexity index is 660. The molecule has 1 saturated heterocycles. The predicted molar refractivity (Wildman–Crippen MR) is 86.0 cm³/mol. The zero-order valence-corrected chi connectivity index (χ0v) is 13.5. The largest absolute Gasteiger partial charge is 0.477 e. The maximum Gasteiger partial charge on any atom is 0.191 e. The number of rotatable bonds is 4. The standard InChI is InChI=1S/C17H16F3NO2.ClH/c18-12-4-1-3-11(9-12)16(15-10-21-7-8-22-15)23-17-13(19)5-2-6-14(17)20;/h1-6,9,15-16,21H,7-8,10H2;1H/t15-,16-;/m0./s1. The van der Waals surface area contributed by atoms with Gasteiger partial charge in [0.1, 0.15) is 11.9 Å². The van der Waals surface area contributed by atoms with E-state index in [0.717, 1.165) is 12.1 Å². The third-order valence-corrected chi connectivity index (χ3v) is 3.63. The Hall–Kier alpha value is -1.76. The van der Waals surface area contributed by atoms with Crippen LogP contribution in [-0.4, -0.2) is 25.8 Å². The maximum absolute atomic E-state index is 13.9. The van der Waals surface area contributed by atoms with Crippen LogP contribution >= 0.6 is 12.4 Å². The van der Waals surface area contributed by atoms with E-state index in [2.05, 4.69) is 5.32 Å². The van der Waals surface area contributed by atoms with E-state index in [-0.39, 0.29) is 12.4 Å². The Morgan fingerprint density at radius 1 is 1.08 bits per heavy atom. The summed E-state index contributed by atoms with van der Waals surface area (Å²) in [5.74, 6) is -2.56. The van der Waals surface area contributed by atoms with E-state index < -0.39 is 35.4 Å². The van der Waals surface area contributed by atoms with E-state index in [1.807, 2.05) is 0 Å². The summed E-state index contributed by atoms with van der Waals surface area (Å²) in [6, 6.07) is 9.22. The molecule has 1 aliphatic rings. The molecule has 0 aliphatic carbocycles. The van der Waals surface area contributed by atoms with E-state index in [9.17, 15) is 13.2 Å². The van der Waals surface area contributed by atoms with Crippen LogP contribution in [0, 0.1) is 17.5 Å². The lowest BCUT2D eigenvalue weighted by Gasteiger charge is -2.31. The van der Waals surface area contributed by atoms with Crippen LogP contribution in [0.4, 0.5) is 13.2 Å². The van der Waals surface area contributed by atoms with Crippen LogP contribution < -0.4 is 10.1 Å². The second kappa shape index (κ2) is 8.37. The van der Waals surface area contributed by atoms with Gasteiger partial charge < -0.3 is 14.8 Å². The smallest absolute Gasteiger partial charge is 0.191 e. The summed E-state index contributed by atoms with van der Waals surface area (Å²) in [6.07, 6.45) is -1.31. The number of ether oxygens (including phenoxy) is 2. The fourth-order valence-electron chi connectivity index (χ4n) is 2.54. The molecule has 0 saturated carbocycles. The number of morpholine rings is 1. The second-order valence-electron chi connectivity index (χ2n) is 5.26. The fraction of sp³-hybridized carbons (Fsp3) is 0.294. The van der Waals surface area contributed by atoms with Crippen molar-refractivity contribution < 1.29 is 22.6 Å². The molecule has 2 atom stereocenters. The highest BCUT2D eigenvalue weighted by Crippen LogP contribution is 2.31. The number of nitrogens with one attached hydrogen (secondary N) is 1. The van der Waals surface area contributed by atoms with E-state index in [4.69, 9.17) is 9.47 Å². The van der Waals surface area contributed by atoms with Crippen LogP contribution in [0.5, 0.6) is 5.75 Å². The van der Waals surface area contributed by atoms with Gasteiger partial charge in [-0.3, -0.25) is 0 Å². The minimum atomic E-state index is -0.829. The van der Waals surface area contributed by atoms with Crippen molar-refractivity contribution in [3.63, 3.8) is 0 Å². The molecule has 0 spiro atoms. The summed E-state index contributed by atoms with van der Waals surface area (Å²) in [5.41, 5.74) is 0.460. The molecule has 0 bridgehead atoms. The molecule has 0 amide bonds. The van der Waals surface area contributed by atoms with Crippen molar-refractivity contribution in [3.05, 3.63) is 65.5 Å². The number of hydrogen-bond acceptors (Lipinski definition) is 3. The van der Waals surface area contributed by atoms with E-state index >= 15 is 0 Å². The van der Waals surface area contributed by atoms with Crippen LogP contribution in [-0.2, 0) is 4.74 Å². The minimum Gasteiger partial charge on any atom is -0.477 e. The van der Waals surface area contributed by atoms with Gasteiger partial charge in [0.2, 0.25) is 0 Å². The molecule has 0 radical (unpaired) electrons. The maximum atomic E-state index is 13.9. The highest BCUT2D eigenvalue weighted by Gasteiger charge is 2.30.